The van der Waals surface area contributed by atoms with Crippen molar-refractivity contribution in [3.05, 3.63) is 36.3 Å². The maximum absolute atomic E-state index is 13.4. The van der Waals surface area contributed by atoms with Crippen LogP contribution in [0.15, 0.2) is 30.5 Å². The van der Waals surface area contributed by atoms with Crippen molar-refractivity contribution in [2.24, 2.45) is 5.92 Å². The Bertz CT molecular complexity index is 657. The van der Waals surface area contributed by atoms with Gasteiger partial charge in [0.1, 0.15) is 5.82 Å². The van der Waals surface area contributed by atoms with Crippen molar-refractivity contribution in [3.8, 4) is 10.4 Å². The molecule has 5 heteroatoms. The highest BCUT2D eigenvalue weighted by atomic mass is 32.1. The Morgan fingerprint density at radius 3 is 3.05 bits per heavy atom. The summed E-state index contributed by atoms with van der Waals surface area (Å²) in [5, 5.41) is 1.08. The standard InChI is InChI=1S/C17H20FN3S/c18-15-5-1-4-14(9-15)16-10-19-17(22-16)21-8-7-20-6-2-3-13(11-20)12-21/h1,4-5,9-10,13H,2-3,6-8,11-12H2. The van der Waals surface area contributed by atoms with E-state index < -0.39 is 0 Å². The van der Waals surface area contributed by atoms with Crippen molar-refractivity contribution in [3.63, 3.8) is 0 Å². The molecule has 1 aromatic heterocycles. The summed E-state index contributed by atoms with van der Waals surface area (Å²) in [5.41, 5.74) is 0.918. The second-order valence-corrected chi connectivity index (χ2v) is 7.28. The van der Waals surface area contributed by atoms with Gasteiger partial charge in [0, 0.05) is 32.4 Å². The number of hydrogen-bond donors (Lipinski definition) is 0. The van der Waals surface area contributed by atoms with Gasteiger partial charge in [0.15, 0.2) is 5.13 Å². The predicted molar refractivity (Wildman–Crippen MR) is 88.9 cm³/mol. The molecular formula is C17H20FN3S. The summed E-state index contributed by atoms with van der Waals surface area (Å²) in [6.07, 6.45) is 4.53. The van der Waals surface area contributed by atoms with Gasteiger partial charge in [0.25, 0.3) is 0 Å². The molecule has 2 fully saturated rings. The summed E-state index contributed by atoms with van der Waals surface area (Å²) in [7, 11) is 0. The zero-order valence-corrected chi connectivity index (χ0v) is 13.4. The van der Waals surface area contributed by atoms with E-state index in [1.165, 1.54) is 32.0 Å². The Morgan fingerprint density at radius 2 is 2.14 bits per heavy atom. The Labute approximate surface area is 134 Å². The molecule has 4 rings (SSSR count). The van der Waals surface area contributed by atoms with Crippen LogP contribution in [0.1, 0.15) is 12.8 Å². The lowest BCUT2D eigenvalue weighted by Crippen LogP contribution is -2.35. The van der Waals surface area contributed by atoms with E-state index in [-0.39, 0.29) is 5.82 Å². The lowest BCUT2D eigenvalue weighted by molar-refractivity contribution is 0.201. The van der Waals surface area contributed by atoms with Crippen molar-refractivity contribution < 1.29 is 4.39 Å². The van der Waals surface area contributed by atoms with Crippen LogP contribution >= 0.6 is 11.3 Å². The van der Waals surface area contributed by atoms with Crippen LogP contribution in [-0.2, 0) is 0 Å². The molecule has 0 amide bonds. The molecule has 0 N–H and O–H groups in total. The van der Waals surface area contributed by atoms with Crippen LogP contribution in [-0.4, -0.2) is 42.6 Å². The van der Waals surface area contributed by atoms with Crippen LogP contribution < -0.4 is 4.90 Å². The van der Waals surface area contributed by atoms with Crippen molar-refractivity contribution in [2.75, 3.05) is 37.6 Å². The fraction of sp³-hybridized carbons (Fsp3) is 0.471. The SMILES string of the molecule is Fc1cccc(-c2cnc(N3CCN4CCCC(C4)C3)s2)c1. The molecular weight excluding hydrogens is 297 g/mol. The minimum atomic E-state index is -0.191. The summed E-state index contributed by atoms with van der Waals surface area (Å²) >= 11 is 1.67. The fourth-order valence-corrected chi connectivity index (χ4v) is 4.48. The quantitative estimate of drug-likeness (QED) is 0.845. The van der Waals surface area contributed by atoms with Gasteiger partial charge < -0.3 is 9.80 Å². The van der Waals surface area contributed by atoms with Gasteiger partial charge in [0.2, 0.25) is 0 Å². The molecule has 22 heavy (non-hydrogen) atoms. The maximum atomic E-state index is 13.4. The van der Waals surface area contributed by atoms with Gasteiger partial charge in [-0.05, 0) is 43.0 Å². The molecule has 2 aliphatic heterocycles. The van der Waals surface area contributed by atoms with Crippen molar-refractivity contribution in [1.82, 2.24) is 9.88 Å². The molecule has 3 nitrogen and oxygen atoms in total. The summed E-state index contributed by atoms with van der Waals surface area (Å²) in [4.78, 5) is 10.6. The minimum absolute atomic E-state index is 0.191. The smallest absolute Gasteiger partial charge is 0.185 e. The molecule has 1 aromatic carbocycles. The van der Waals surface area contributed by atoms with Gasteiger partial charge in [-0.3, -0.25) is 0 Å². The third-order valence-corrected chi connectivity index (χ3v) is 5.75. The van der Waals surface area contributed by atoms with Crippen LogP contribution in [0.2, 0.25) is 0 Å². The average molecular weight is 317 g/mol. The van der Waals surface area contributed by atoms with Crippen LogP contribution in [0.3, 0.4) is 0 Å². The third-order valence-electron chi connectivity index (χ3n) is 4.64. The summed E-state index contributed by atoms with van der Waals surface area (Å²) in [6.45, 7) is 5.76. The van der Waals surface area contributed by atoms with Gasteiger partial charge in [-0.15, -0.1) is 0 Å². The molecule has 2 unspecified atom stereocenters. The maximum Gasteiger partial charge on any atom is 0.185 e. The van der Waals surface area contributed by atoms with Crippen LogP contribution in [0.4, 0.5) is 9.52 Å². The number of benzene rings is 1. The van der Waals surface area contributed by atoms with Crippen molar-refractivity contribution in [2.45, 2.75) is 12.8 Å². The van der Waals surface area contributed by atoms with Crippen LogP contribution in [0.25, 0.3) is 10.4 Å². The highest BCUT2D eigenvalue weighted by Gasteiger charge is 2.27. The Kier molecular flexibility index (Phi) is 3.84. The van der Waals surface area contributed by atoms with Crippen LogP contribution in [0.5, 0.6) is 0 Å². The summed E-state index contributed by atoms with van der Waals surface area (Å²) in [5.74, 6) is 0.571. The van der Waals surface area contributed by atoms with Gasteiger partial charge >= 0.3 is 0 Å². The highest BCUT2D eigenvalue weighted by Crippen LogP contribution is 2.33. The second kappa shape index (κ2) is 5.97. The van der Waals surface area contributed by atoms with E-state index in [4.69, 9.17) is 0 Å². The van der Waals surface area contributed by atoms with E-state index in [1.54, 1.807) is 23.5 Å². The van der Waals surface area contributed by atoms with Gasteiger partial charge in [-0.2, -0.15) is 0 Å². The molecule has 0 saturated carbocycles. The minimum Gasteiger partial charge on any atom is -0.346 e. The first-order chi connectivity index (χ1) is 10.8. The average Bonchev–Trinajstić information content (AvgIpc) is 2.96. The zero-order chi connectivity index (χ0) is 14.9. The number of halogens is 1. The van der Waals surface area contributed by atoms with E-state index in [0.29, 0.717) is 0 Å². The molecule has 2 atom stereocenters. The molecule has 3 heterocycles. The fourth-order valence-electron chi connectivity index (χ4n) is 3.53. The molecule has 116 valence electrons. The topological polar surface area (TPSA) is 19.4 Å². The van der Waals surface area contributed by atoms with E-state index in [2.05, 4.69) is 14.8 Å². The van der Waals surface area contributed by atoms with Crippen molar-refractivity contribution in [1.29, 1.82) is 0 Å². The first kappa shape index (κ1) is 14.2. The molecule has 0 aliphatic carbocycles. The normalized spacial score (nSPS) is 25.0. The van der Waals surface area contributed by atoms with Gasteiger partial charge in [0.05, 0.1) is 4.88 Å². The lowest BCUT2D eigenvalue weighted by atomic mass is 9.99. The first-order valence-corrected chi connectivity index (χ1v) is 8.79. The molecule has 2 bridgehead atoms. The summed E-state index contributed by atoms with van der Waals surface area (Å²) < 4.78 is 13.4. The molecule has 2 saturated heterocycles. The van der Waals surface area contributed by atoms with Crippen LogP contribution in [0, 0.1) is 11.7 Å². The van der Waals surface area contributed by atoms with E-state index >= 15 is 0 Å². The lowest BCUT2D eigenvalue weighted by Gasteiger charge is -2.29. The summed E-state index contributed by atoms with van der Waals surface area (Å²) in [6, 6.07) is 6.77. The Balaban J connectivity index is 1.56. The molecule has 2 aliphatic rings. The number of aromatic nitrogens is 1. The highest BCUT2D eigenvalue weighted by molar-refractivity contribution is 7.18. The third kappa shape index (κ3) is 2.88. The number of anilines is 1. The zero-order valence-electron chi connectivity index (χ0n) is 12.5. The van der Waals surface area contributed by atoms with Gasteiger partial charge in [-0.25, -0.2) is 9.37 Å². The number of piperidine rings is 1. The predicted octanol–water partition coefficient (Wildman–Crippen LogP) is 3.48. The number of thiazole rings is 1. The number of fused-ring (bicyclic) bond motifs is 2. The number of nitrogens with zero attached hydrogens (tertiary/aromatic N) is 3. The van der Waals surface area contributed by atoms with Gasteiger partial charge in [-0.1, -0.05) is 23.5 Å². The second-order valence-electron chi connectivity index (χ2n) is 6.27. The monoisotopic (exact) mass is 317 g/mol. The Morgan fingerprint density at radius 1 is 1.18 bits per heavy atom. The largest absolute Gasteiger partial charge is 0.346 e. The van der Waals surface area contributed by atoms with E-state index in [1.807, 2.05) is 12.3 Å². The molecule has 0 spiro atoms. The number of hydrogen-bond acceptors (Lipinski definition) is 4. The molecule has 2 aromatic rings. The Hall–Kier alpha value is -1.46. The number of rotatable bonds is 2. The van der Waals surface area contributed by atoms with Crippen molar-refractivity contribution >= 4 is 16.5 Å². The van der Waals surface area contributed by atoms with E-state index in [9.17, 15) is 4.39 Å². The molecule has 0 radical (unpaired) electrons. The first-order valence-electron chi connectivity index (χ1n) is 7.97. The van der Waals surface area contributed by atoms with E-state index in [0.717, 1.165) is 41.1 Å².